The van der Waals surface area contributed by atoms with Gasteiger partial charge in [0.1, 0.15) is 0 Å². The van der Waals surface area contributed by atoms with Gasteiger partial charge in [0.2, 0.25) is 5.78 Å². The van der Waals surface area contributed by atoms with Crippen molar-refractivity contribution in [1.29, 1.82) is 0 Å². The Labute approximate surface area is 116 Å². The standard InChI is InChI=1S/C14H10ClNOS/c15-11-6-8-12(9-7-11)16-14(18)13(17)10-4-2-1-3-5-10/h1-9H,(H,16,18). The average molecular weight is 276 g/mol. The Bertz CT molecular complexity index is 566. The van der Waals surface area contributed by atoms with Gasteiger partial charge in [-0.2, -0.15) is 0 Å². The minimum Gasteiger partial charge on any atom is -0.343 e. The first-order chi connectivity index (χ1) is 8.66. The number of thiocarbonyl (C=S) groups is 1. The lowest BCUT2D eigenvalue weighted by atomic mass is 10.1. The molecule has 2 aromatic carbocycles. The third-order valence-corrected chi connectivity index (χ3v) is 2.88. The second kappa shape index (κ2) is 5.76. The molecule has 0 heterocycles. The summed E-state index contributed by atoms with van der Waals surface area (Å²) >= 11 is 10.9. The molecule has 0 radical (unpaired) electrons. The summed E-state index contributed by atoms with van der Waals surface area (Å²) in [6.07, 6.45) is 0. The number of hydrogen-bond acceptors (Lipinski definition) is 2. The van der Waals surface area contributed by atoms with Gasteiger partial charge in [0.25, 0.3) is 0 Å². The van der Waals surface area contributed by atoms with Gasteiger partial charge in [-0.05, 0) is 24.3 Å². The molecule has 0 aliphatic rings. The van der Waals surface area contributed by atoms with Crippen molar-refractivity contribution < 1.29 is 4.79 Å². The van der Waals surface area contributed by atoms with Crippen molar-refractivity contribution in [2.45, 2.75) is 0 Å². The Morgan fingerprint density at radius 3 is 2.22 bits per heavy atom. The Hall–Kier alpha value is -1.71. The van der Waals surface area contributed by atoms with Crippen LogP contribution in [0, 0.1) is 0 Å². The summed E-state index contributed by atoms with van der Waals surface area (Å²) in [6, 6.07) is 15.9. The summed E-state index contributed by atoms with van der Waals surface area (Å²) in [5.41, 5.74) is 1.32. The largest absolute Gasteiger partial charge is 0.343 e. The highest BCUT2D eigenvalue weighted by molar-refractivity contribution is 7.82. The van der Waals surface area contributed by atoms with Gasteiger partial charge in [0, 0.05) is 16.3 Å². The first kappa shape index (κ1) is 12.7. The van der Waals surface area contributed by atoms with E-state index in [1.54, 1.807) is 48.5 Å². The Morgan fingerprint density at radius 2 is 1.61 bits per heavy atom. The number of Topliss-reactive ketones (excluding diaryl/α,β-unsaturated/α-hetero) is 1. The van der Waals surface area contributed by atoms with Crippen LogP contribution in [0.25, 0.3) is 0 Å². The molecule has 0 aliphatic heterocycles. The molecule has 0 fully saturated rings. The normalized spacial score (nSPS) is 9.83. The van der Waals surface area contributed by atoms with Crippen molar-refractivity contribution in [2.24, 2.45) is 0 Å². The molecule has 0 saturated heterocycles. The predicted molar refractivity (Wildman–Crippen MR) is 78.4 cm³/mol. The van der Waals surface area contributed by atoms with Gasteiger partial charge in [-0.25, -0.2) is 0 Å². The van der Waals surface area contributed by atoms with Crippen molar-refractivity contribution >= 4 is 40.3 Å². The Kier molecular flexibility index (Phi) is 4.07. The van der Waals surface area contributed by atoms with Gasteiger partial charge in [-0.15, -0.1) is 0 Å². The van der Waals surface area contributed by atoms with Crippen LogP contribution >= 0.6 is 23.8 Å². The van der Waals surface area contributed by atoms with Crippen molar-refractivity contribution in [2.75, 3.05) is 5.32 Å². The molecule has 0 saturated carbocycles. The van der Waals surface area contributed by atoms with Gasteiger partial charge in [0.05, 0.1) is 0 Å². The van der Waals surface area contributed by atoms with E-state index < -0.39 is 0 Å². The van der Waals surface area contributed by atoms with Crippen LogP contribution in [0.2, 0.25) is 5.02 Å². The fourth-order valence-corrected chi connectivity index (χ4v) is 1.80. The van der Waals surface area contributed by atoms with Crippen LogP contribution in [0.15, 0.2) is 54.6 Å². The first-order valence-corrected chi connectivity index (χ1v) is 6.12. The van der Waals surface area contributed by atoms with Crippen LogP contribution in [0.1, 0.15) is 10.4 Å². The number of carbonyl (C=O) groups excluding carboxylic acids is 1. The van der Waals surface area contributed by atoms with Crippen LogP contribution < -0.4 is 5.32 Å². The molecule has 0 amide bonds. The SMILES string of the molecule is O=C(C(=S)Nc1ccc(Cl)cc1)c1ccccc1. The van der Waals surface area contributed by atoms with Gasteiger partial charge < -0.3 is 5.32 Å². The maximum Gasteiger partial charge on any atom is 0.220 e. The molecule has 18 heavy (non-hydrogen) atoms. The van der Waals surface area contributed by atoms with E-state index in [9.17, 15) is 4.79 Å². The minimum atomic E-state index is -0.194. The van der Waals surface area contributed by atoms with E-state index in [0.717, 1.165) is 5.69 Å². The number of ketones is 1. The molecule has 2 nitrogen and oxygen atoms in total. The molecule has 2 rings (SSSR count). The number of halogens is 1. The molecule has 2 aromatic rings. The summed E-state index contributed by atoms with van der Waals surface area (Å²) < 4.78 is 0. The maximum absolute atomic E-state index is 12.0. The molecule has 90 valence electrons. The van der Waals surface area contributed by atoms with Crippen molar-refractivity contribution in [3.05, 3.63) is 65.2 Å². The molecule has 1 N–H and O–H groups in total. The van der Waals surface area contributed by atoms with Crippen LogP contribution in [-0.2, 0) is 0 Å². The maximum atomic E-state index is 12.0. The highest BCUT2D eigenvalue weighted by Crippen LogP contribution is 2.14. The second-order valence-corrected chi connectivity index (χ2v) is 4.50. The Balaban J connectivity index is 2.09. The highest BCUT2D eigenvalue weighted by Gasteiger charge is 2.11. The van der Waals surface area contributed by atoms with E-state index in [2.05, 4.69) is 5.32 Å². The third-order valence-electron chi connectivity index (χ3n) is 2.34. The number of anilines is 1. The molecule has 4 heteroatoms. The van der Waals surface area contributed by atoms with E-state index in [0.29, 0.717) is 10.6 Å². The molecule has 0 atom stereocenters. The smallest absolute Gasteiger partial charge is 0.220 e. The summed E-state index contributed by atoms with van der Waals surface area (Å²) in [4.78, 5) is 12.2. The van der Waals surface area contributed by atoms with Gasteiger partial charge in [0.15, 0.2) is 4.99 Å². The Morgan fingerprint density at radius 1 is 1.00 bits per heavy atom. The van der Waals surface area contributed by atoms with Crippen LogP contribution in [-0.4, -0.2) is 10.8 Å². The zero-order valence-electron chi connectivity index (χ0n) is 9.39. The van der Waals surface area contributed by atoms with Crippen LogP contribution in [0.5, 0.6) is 0 Å². The lowest BCUT2D eigenvalue weighted by Gasteiger charge is -2.07. The number of nitrogens with one attached hydrogen (secondary N) is 1. The van der Waals surface area contributed by atoms with Crippen LogP contribution in [0.3, 0.4) is 0 Å². The number of hydrogen-bond donors (Lipinski definition) is 1. The highest BCUT2D eigenvalue weighted by atomic mass is 35.5. The van der Waals surface area contributed by atoms with Crippen molar-refractivity contribution in [3.63, 3.8) is 0 Å². The van der Waals surface area contributed by atoms with Crippen LogP contribution in [0.4, 0.5) is 5.69 Å². The fourth-order valence-electron chi connectivity index (χ4n) is 1.44. The number of rotatable bonds is 3. The van der Waals surface area contributed by atoms with E-state index >= 15 is 0 Å². The van der Waals surface area contributed by atoms with Crippen molar-refractivity contribution in [1.82, 2.24) is 0 Å². The monoisotopic (exact) mass is 275 g/mol. The summed E-state index contributed by atoms with van der Waals surface area (Å²) in [7, 11) is 0. The van der Waals surface area contributed by atoms with E-state index in [1.165, 1.54) is 0 Å². The fraction of sp³-hybridized carbons (Fsp3) is 0. The molecular weight excluding hydrogens is 266 g/mol. The zero-order chi connectivity index (χ0) is 13.0. The lowest BCUT2D eigenvalue weighted by molar-refractivity contribution is 0.106. The minimum absolute atomic E-state index is 0.170. The summed E-state index contributed by atoms with van der Waals surface area (Å²) in [6.45, 7) is 0. The van der Waals surface area contributed by atoms with Crippen molar-refractivity contribution in [3.8, 4) is 0 Å². The molecule has 0 spiro atoms. The molecule has 0 aromatic heterocycles. The van der Waals surface area contributed by atoms with E-state index in [-0.39, 0.29) is 10.8 Å². The van der Waals surface area contributed by atoms with Gasteiger partial charge in [-0.3, -0.25) is 4.79 Å². The first-order valence-electron chi connectivity index (χ1n) is 5.33. The summed E-state index contributed by atoms with van der Waals surface area (Å²) in [5.74, 6) is -0.194. The topological polar surface area (TPSA) is 29.1 Å². The predicted octanol–water partition coefficient (Wildman–Crippen LogP) is 3.96. The second-order valence-electron chi connectivity index (χ2n) is 3.66. The number of benzene rings is 2. The lowest BCUT2D eigenvalue weighted by Crippen LogP contribution is -2.20. The number of carbonyl (C=O) groups is 1. The molecular formula is C14H10ClNOS. The van der Waals surface area contributed by atoms with E-state index in [4.69, 9.17) is 23.8 Å². The molecule has 0 unspecified atom stereocenters. The summed E-state index contributed by atoms with van der Waals surface area (Å²) in [5, 5.41) is 3.53. The third kappa shape index (κ3) is 3.15. The molecule has 0 aliphatic carbocycles. The van der Waals surface area contributed by atoms with Gasteiger partial charge in [-0.1, -0.05) is 54.2 Å². The van der Waals surface area contributed by atoms with Gasteiger partial charge >= 0.3 is 0 Å². The average Bonchev–Trinajstić information content (AvgIpc) is 2.41. The van der Waals surface area contributed by atoms with E-state index in [1.807, 2.05) is 6.07 Å². The zero-order valence-corrected chi connectivity index (χ0v) is 11.0. The molecule has 0 bridgehead atoms. The quantitative estimate of drug-likeness (QED) is 0.679.